The van der Waals surface area contributed by atoms with E-state index in [1.165, 1.54) is 24.3 Å². The molecule has 0 aliphatic rings. The zero-order valence-electron chi connectivity index (χ0n) is 16.3. The highest BCUT2D eigenvalue weighted by Crippen LogP contribution is 2.30. The van der Waals surface area contributed by atoms with E-state index in [9.17, 15) is 31.1 Å². The Morgan fingerprint density at radius 2 is 1.78 bits per heavy atom. The van der Waals surface area contributed by atoms with Crippen LogP contribution in [0.25, 0.3) is 11.5 Å². The zero-order chi connectivity index (χ0) is 23.5. The normalized spacial score (nSPS) is 13.0. The van der Waals surface area contributed by atoms with Crippen LogP contribution in [0, 0.1) is 0 Å². The molecule has 3 aromatic rings. The summed E-state index contributed by atoms with van der Waals surface area (Å²) in [5.74, 6) is -0.762. The van der Waals surface area contributed by atoms with Gasteiger partial charge < -0.3 is 14.5 Å². The standard InChI is InChI=1S/C20H15F6N3O3/c1-11(15-7-6-14(8-27-15)32-10-19(21,22)23)28-17(30)16-9-31-18(29-16)12-2-4-13(5-3-12)20(24,25)26/h2-9,11H,10H2,1H3,(H,28,30). The van der Waals surface area contributed by atoms with Gasteiger partial charge in [-0.05, 0) is 43.3 Å². The van der Waals surface area contributed by atoms with Crippen molar-refractivity contribution in [2.75, 3.05) is 6.61 Å². The molecule has 12 heteroatoms. The Morgan fingerprint density at radius 3 is 2.34 bits per heavy atom. The van der Waals surface area contributed by atoms with Crippen LogP contribution in [0.1, 0.15) is 34.7 Å². The fourth-order valence-electron chi connectivity index (χ4n) is 2.56. The lowest BCUT2D eigenvalue weighted by molar-refractivity contribution is -0.153. The molecule has 1 amide bonds. The maximum atomic E-state index is 12.7. The Labute approximate surface area is 177 Å². The first kappa shape index (κ1) is 23.1. The van der Waals surface area contributed by atoms with Crippen molar-refractivity contribution in [1.82, 2.24) is 15.3 Å². The van der Waals surface area contributed by atoms with E-state index in [1.807, 2.05) is 0 Å². The van der Waals surface area contributed by atoms with Crippen molar-refractivity contribution >= 4 is 5.91 Å². The molecule has 6 nitrogen and oxygen atoms in total. The lowest BCUT2D eigenvalue weighted by Crippen LogP contribution is -2.27. The van der Waals surface area contributed by atoms with E-state index in [1.54, 1.807) is 6.92 Å². The molecular weight excluding hydrogens is 444 g/mol. The number of aromatic nitrogens is 2. The Morgan fingerprint density at radius 1 is 1.09 bits per heavy atom. The van der Waals surface area contributed by atoms with E-state index in [0.717, 1.165) is 24.6 Å². The molecule has 0 fully saturated rings. The maximum absolute atomic E-state index is 12.7. The van der Waals surface area contributed by atoms with Crippen LogP contribution in [-0.2, 0) is 6.18 Å². The topological polar surface area (TPSA) is 77.2 Å². The fourth-order valence-corrected chi connectivity index (χ4v) is 2.56. The molecule has 0 aliphatic heterocycles. The number of hydrogen-bond donors (Lipinski definition) is 1. The second-order valence-electron chi connectivity index (χ2n) is 6.63. The summed E-state index contributed by atoms with van der Waals surface area (Å²) in [6, 6.07) is 6.13. The van der Waals surface area contributed by atoms with Crippen molar-refractivity contribution < 1.29 is 40.3 Å². The van der Waals surface area contributed by atoms with Crippen molar-refractivity contribution in [3.63, 3.8) is 0 Å². The molecule has 0 bridgehead atoms. The number of pyridine rings is 1. The van der Waals surface area contributed by atoms with Crippen LogP contribution in [0.4, 0.5) is 26.3 Å². The largest absolute Gasteiger partial charge is 0.483 e. The smallest absolute Gasteiger partial charge is 0.422 e. The van der Waals surface area contributed by atoms with Gasteiger partial charge in [0.1, 0.15) is 12.0 Å². The summed E-state index contributed by atoms with van der Waals surface area (Å²) in [5.41, 5.74) is -0.343. The van der Waals surface area contributed by atoms with E-state index in [-0.39, 0.29) is 22.9 Å². The third-order valence-electron chi connectivity index (χ3n) is 4.15. The monoisotopic (exact) mass is 459 g/mol. The molecule has 2 aromatic heterocycles. The fraction of sp³-hybridized carbons (Fsp3) is 0.250. The highest BCUT2D eigenvalue weighted by molar-refractivity contribution is 5.92. The van der Waals surface area contributed by atoms with Crippen LogP contribution < -0.4 is 10.1 Å². The van der Waals surface area contributed by atoms with E-state index in [2.05, 4.69) is 20.0 Å². The number of halogens is 6. The van der Waals surface area contributed by atoms with Crippen molar-refractivity contribution in [2.45, 2.75) is 25.3 Å². The van der Waals surface area contributed by atoms with Gasteiger partial charge in [0.2, 0.25) is 5.89 Å². The molecule has 1 N–H and O–H groups in total. The molecule has 1 atom stereocenters. The van der Waals surface area contributed by atoms with Crippen LogP contribution >= 0.6 is 0 Å². The van der Waals surface area contributed by atoms with Crippen LogP contribution in [-0.4, -0.2) is 28.7 Å². The maximum Gasteiger partial charge on any atom is 0.422 e. The van der Waals surface area contributed by atoms with Gasteiger partial charge >= 0.3 is 12.4 Å². The first-order valence-electron chi connectivity index (χ1n) is 9.02. The third kappa shape index (κ3) is 5.99. The zero-order valence-corrected chi connectivity index (χ0v) is 16.3. The van der Waals surface area contributed by atoms with Crippen LogP contribution in [0.5, 0.6) is 5.75 Å². The number of nitrogens with one attached hydrogen (secondary N) is 1. The number of rotatable bonds is 6. The molecule has 170 valence electrons. The van der Waals surface area contributed by atoms with Crippen molar-refractivity contribution in [2.24, 2.45) is 0 Å². The van der Waals surface area contributed by atoms with E-state index in [4.69, 9.17) is 4.42 Å². The number of nitrogens with zero attached hydrogens (tertiary/aromatic N) is 2. The molecule has 3 rings (SSSR count). The number of carbonyl (C=O) groups is 1. The highest BCUT2D eigenvalue weighted by atomic mass is 19.4. The molecular formula is C20H15F6N3O3. The Bertz CT molecular complexity index is 1060. The summed E-state index contributed by atoms with van der Waals surface area (Å²) in [6.45, 7) is 0.140. The average molecular weight is 459 g/mol. The summed E-state index contributed by atoms with van der Waals surface area (Å²) in [5, 5.41) is 2.59. The first-order valence-corrected chi connectivity index (χ1v) is 9.02. The summed E-state index contributed by atoms with van der Waals surface area (Å²) in [6.07, 6.45) is -6.80. The predicted octanol–water partition coefficient (Wildman–Crippen LogP) is 5.19. The lowest BCUT2D eigenvalue weighted by atomic mass is 10.1. The number of ether oxygens (including phenoxy) is 1. The molecule has 0 saturated heterocycles. The summed E-state index contributed by atoms with van der Waals surface area (Å²) >= 11 is 0. The van der Waals surface area contributed by atoms with Crippen LogP contribution in [0.2, 0.25) is 0 Å². The molecule has 0 spiro atoms. The van der Waals surface area contributed by atoms with Gasteiger partial charge in [-0.25, -0.2) is 4.98 Å². The minimum absolute atomic E-state index is 0.0409. The first-order chi connectivity index (χ1) is 14.9. The predicted molar refractivity (Wildman–Crippen MR) is 98.6 cm³/mol. The van der Waals surface area contributed by atoms with Gasteiger partial charge in [0.15, 0.2) is 12.3 Å². The van der Waals surface area contributed by atoms with Crippen LogP contribution in [0.3, 0.4) is 0 Å². The highest BCUT2D eigenvalue weighted by Gasteiger charge is 2.30. The molecule has 0 aliphatic carbocycles. The summed E-state index contributed by atoms with van der Waals surface area (Å²) in [4.78, 5) is 20.3. The van der Waals surface area contributed by atoms with Gasteiger partial charge in [-0.3, -0.25) is 9.78 Å². The number of hydrogen-bond acceptors (Lipinski definition) is 5. The third-order valence-corrected chi connectivity index (χ3v) is 4.15. The SMILES string of the molecule is CC(NC(=O)c1coc(-c2ccc(C(F)(F)F)cc2)n1)c1ccc(OCC(F)(F)F)cn1. The number of carbonyl (C=O) groups excluding carboxylic acids is 1. The van der Waals surface area contributed by atoms with Crippen molar-refractivity contribution in [3.8, 4) is 17.2 Å². The molecule has 2 heterocycles. The lowest BCUT2D eigenvalue weighted by Gasteiger charge is -2.13. The van der Waals surface area contributed by atoms with Crippen molar-refractivity contribution in [3.05, 3.63) is 65.8 Å². The summed E-state index contributed by atoms with van der Waals surface area (Å²) in [7, 11) is 0. The van der Waals surface area contributed by atoms with Gasteiger partial charge in [0.05, 0.1) is 23.5 Å². The number of oxazole rings is 1. The van der Waals surface area contributed by atoms with Gasteiger partial charge in [0, 0.05) is 5.56 Å². The van der Waals surface area contributed by atoms with E-state index in [0.29, 0.717) is 5.69 Å². The molecule has 1 aromatic carbocycles. The summed E-state index contributed by atoms with van der Waals surface area (Å²) < 4.78 is 84.2. The van der Waals surface area contributed by atoms with Gasteiger partial charge in [-0.15, -0.1) is 0 Å². The molecule has 0 radical (unpaired) electrons. The quantitative estimate of drug-likeness (QED) is 0.514. The Kier molecular flexibility index (Phi) is 6.42. The van der Waals surface area contributed by atoms with Crippen molar-refractivity contribution in [1.29, 1.82) is 0 Å². The van der Waals surface area contributed by atoms with Gasteiger partial charge in [-0.1, -0.05) is 0 Å². The van der Waals surface area contributed by atoms with Gasteiger partial charge in [-0.2, -0.15) is 26.3 Å². The second kappa shape index (κ2) is 8.89. The Hall–Kier alpha value is -3.57. The number of amides is 1. The van der Waals surface area contributed by atoms with E-state index >= 15 is 0 Å². The van der Waals surface area contributed by atoms with E-state index < -0.39 is 36.5 Å². The number of alkyl halides is 6. The molecule has 0 saturated carbocycles. The Balaban J connectivity index is 1.62. The molecule has 32 heavy (non-hydrogen) atoms. The molecule has 1 unspecified atom stereocenters. The number of benzene rings is 1. The minimum atomic E-state index is -4.48. The minimum Gasteiger partial charge on any atom is -0.483 e. The van der Waals surface area contributed by atoms with Crippen LogP contribution in [0.15, 0.2) is 53.3 Å². The van der Waals surface area contributed by atoms with Gasteiger partial charge in [0.25, 0.3) is 5.91 Å². The average Bonchev–Trinajstić information content (AvgIpc) is 3.22. The second-order valence-corrected chi connectivity index (χ2v) is 6.63.